The number of sulfonamides is 1. The number of ether oxygens (including phenoxy) is 1. The minimum Gasteiger partial charge on any atom is -0.496 e. The van der Waals surface area contributed by atoms with Crippen LogP contribution in [0.1, 0.15) is 35.6 Å². The van der Waals surface area contributed by atoms with Crippen molar-refractivity contribution in [3.8, 4) is 5.75 Å². The summed E-state index contributed by atoms with van der Waals surface area (Å²) in [6.45, 7) is 5.29. The molecule has 5 rings (SSSR count). The van der Waals surface area contributed by atoms with Crippen LogP contribution in [0, 0.1) is 12.8 Å². The number of benzene rings is 3. The summed E-state index contributed by atoms with van der Waals surface area (Å²) in [5.41, 5.74) is 3.25. The first-order valence-corrected chi connectivity index (χ1v) is 15.1. The number of hydrogen-bond acceptors (Lipinski definition) is 5. The molecular formula is C31H37N3O4S. The average molecular weight is 548 g/mol. The molecule has 1 atom stereocenters. The van der Waals surface area contributed by atoms with E-state index in [1.54, 1.807) is 25.3 Å². The van der Waals surface area contributed by atoms with Crippen LogP contribution in [0.15, 0.2) is 83.8 Å². The third-order valence-corrected chi connectivity index (χ3v) is 9.82. The predicted octanol–water partition coefficient (Wildman–Crippen LogP) is 4.34. The smallest absolute Gasteiger partial charge is 0.243 e. The first-order chi connectivity index (χ1) is 18.9. The summed E-state index contributed by atoms with van der Waals surface area (Å²) in [4.78, 5) is 18.2. The molecule has 206 valence electrons. The first kappa shape index (κ1) is 27.4. The number of aryl methyl sites for hydroxylation is 1. The second-order valence-electron chi connectivity index (χ2n) is 10.4. The highest BCUT2D eigenvalue weighted by atomic mass is 32.2. The van der Waals surface area contributed by atoms with Crippen LogP contribution in [0.5, 0.6) is 5.75 Å². The molecule has 0 aliphatic carbocycles. The van der Waals surface area contributed by atoms with Crippen LogP contribution in [-0.2, 0) is 14.8 Å². The van der Waals surface area contributed by atoms with Gasteiger partial charge in [-0.25, -0.2) is 8.42 Å². The van der Waals surface area contributed by atoms with E-state index in [0.29, 0.717) is 38.2 Å². The molecule has 2 heterocycles. The third-order valence-electron chi connectivity index (χ3n) is 7.96. The summed E-state index contributed by atoms with van der Waals surface area (Å²) >= 11 is 0. The van der Waals surface area contributed by atoms with Gasteiger partial charge in [0.15, 0.2) is 0 Å². The predicted molar refractivity (Wildman–Crippen MR) is 152 cm³/mol. The number of methoxy groups -OCH3 is 1. The van der Waals surface area contributed by atoms with E-state index in [2.05, 4.69) is 53.4 Å². The summed E-state index contributed by atoms with van der Waals surface area (Å²) in [7, 11) is -2.12. The Morgan fingerprint density at radius 1 is 0.872 bits per heavy atom. The lowest BCUT2D eigenvalue weighted by atomic mass is 9.95. The Kier molecular flexibility index (Phi) is 8.35. The van der Waals surface area contributed by atoms with Crippen molar-refractivity contribution in [1.82, 2.24) is 14.1 Å². The maximum absolute atomic E-state index is 13.6. The normalized spacial score (nSPS) is 19.3. The van der Waals surface area contributed by atoms with Crippen LogP contribution in [0.2, 0.25) is 0 Å². The Hall–Kier alpha value is -3.20. The van der Waals surface area contributed by atoms with E-state index in [4.69, 9.17) is 4.74 Å². The maximum Gasteiger partial charge on any atom is 0.243 e. The van der Waals surface area contributed by atoms with E-state index < -0.39 is 10.0 Å². The van der Waals surface area contributed by atoms with Crippen molar-refractivity contribution in [3.63, 3.8) is 0 Å². The van der Waals surface area contributed by atoms with Gasteiger partial charge in [0.1, 0.15) is 5.75 Å². The zero-order valence-electron chi connectivity index (χ0n) is 22.7. The van der Waals surface area contributed by atoms with Crippen LogP contribution in [-0.4, -0.2) is 74.8 Å². The SMILES string of the molecule is COc1ccc(S(=O)(=O)N2CCC[C@H](C(=O)N3CCN(C(c4ccccc4)c4ccccc4)CC3)C2)cc1C. The lowest BCUT2D eigenvalue weighted by Crippen LogP contribution is -2.53. The number of rotatable bonds is 7. The Morgan fingerprint density at radius 2 is 1.49 bits per heavy atom. The molecule has 8 heteroatoms. The van der Waals surface area contributed by atoms with E-state index in [9.17, 15) is 13.2 Å². The molecule has 2 saturated heterocycles. The van der Waals surface area contributed by atoms with Gasteiger partial charge in [-0.2, -0.15) is 4.31 Å². The van der Waals surface area contributed by atoms with Gasteiger partial charge in [0.2, 0.25) is 15.9 Å². The monoisotopic (exact) mass is 547 g/mol. The first-order valence-electron chi connectivity index (χ1n) is 13.7. The molecule has 0 saturated carbocycles. The number of piperazine rings is 1. The molecule has 0 radical (unpaired) electrons. The van der Waals surface area contributed by atoms with Gasteiger partial charge in [-0.15, -0.1) is 0 Å². The molecule has 39 heavy (non-hydrogen) atoms. The molecule has 0 N–H and O–H groups in total. The lowest BCUT2D eigenvalue weighted by molar-refractivity contribution is -0.138. The molecule has 2 aliphatic rings. The molecule has 2 aliphatic heterocycles. The van der Waals surface area contributed by atoms with E-state index in [1.807, 2.05) is 24.0 Å². The number of piperidine rings is 1. The van der Waals surface area contributed by atoms with Gasteiger partial charge >= 0.3 is 0 Å². The molecule has 2 fully saturated rings. The second kappa shape index (κ2) is 11.9. The third kappa shape index (κ3) is 5.88. The summed E-state index contributed by atoms with van der Waals surface area (Å²) in [6.07, 6.45) is 1.39. The maximum atomic E-state index is 13.6. The number of hydrogen-bond donors (Lipinski definition) is 0. The molecule has 3 aromatic rings. The number of amides is 1. The molecule has 0 bridgehead atoms. The van der Waals surface area contributed by atoms with Crippen molar-refractivity contribution in [2.24, 2.45) is 5.92 Å². The Labute approximate surface area is 232 Å². The fraction of sp³-hybridized carbons (Fsp3) is 0.387. The summed E-state index contributed by atoms with van der Waals surface area (Å²) in [5, 5.41) is 0. The Bertz CT molecular complexity index is 1330. The van der Waals surface area contributed by atoms with Crippen LogP contribution in [0.4, 0.5) is 0 Å². The van der Waals surface area contributed by atoms with Gasteiger partial charge in [0.05, 0.1) is 24.0 Å². The van der Waals surface area contributed by atoms with Crippen LogP contribution >= 0.6 is 0 Å². The Balaban J connectivity index is 1.25. The van der Waals surface area contributed by atoms with Crippen molar-refractivity contribution in [1.29, 1.82) is 0 Å². The summed E-state index contributed by atoms with van der Waals surface area (Å²) < 4.78 is 33.6. The summed E-state index contributed by atoms with van der Waals surface area (Å²) in [5.74, 6) is 0.399. The zero-order valence-corrected chi connectivity index (χ0v) is 23.5. The fourth-order valence-electron chi connectivity index (χ4n) is 5.87. The molecule has 3 aromatic carbocycles. The number of carbonyl (C=O) groups excluding carboxylic acids is 1. The summed E-state index contributed by atoms with van der Waals surface area (Å²) in [6, 6.07) is 26.1. The van der Waals surface area contributed by atoms with E-state index in [-0.39, 0.29) is 29.3 Å². The molecule has 1 amide bonds. The van der Waals surface area contributed by atoms with Gasteiger partial charge < -0.3 is 9.64 Å². The van der Waals surface area contributed by atoms with E-state index >= 15 is 0 Å². The highest BCUT2D eigenvalue weighted by Gasteiger charge is 2.37. The van der Waals surface area contributed by atoms with Gasteiger partial charge in [-0.1, -0.05) is 60.7 Å². The van der Waals surface area contributed by atoms with Crippen molar-refractivity contribution in [3.05, 3.63) is 95.6 Å². The molecule has 0 aromatic heterocycles. The average Bonchev–Trinajstić information content (AvgIpc) is 2.98. The van der Waals surface area contributed by atoms with Crippen molar-refractivity contribution in [2.75, 3.05) is 46.4 Å². The second-order valence-corrected chi connectivity index (χ2v) is 12.4. The van der Waals surface area contributed by atoms with Crippen molar-refractivity contribution in [2.45, 2.75) is 30.7 Å². The van der Waals surface area contributed by atoms with Gasteiger partial charge in [-0.3, -0.25) is 9.69 Å². The molecule has 0 spiro atoms. The lowest BCUT2D eigenvalue weighted by Gasteiger charge is -2.41. The molecule has 7 nitrogen and oxygen atoms in total. The van der Waals surface area contributed by atoms with E-state index in [1.165, 1.54) is 15.4 Å². The fourth-order valence-corrected chi connectivity index (χ4v) is 7.48. The van der Waals surface area contributed by atoms with Crippen molar-refractivity contribution < 1.29 is 17.9 Å². The zero-order chi connectivity index (χ0) is 27.4. The highest BCUT2D eigenvalue weighted by molar-refractivity contribution is 7.89. The Morgan fingerprint density at radius 3 is 2.05 bits per heavy atom. The van der Waals surface area contributed by atoms with Gasteiger partial charge in [0.25, 0.3) is 0 Å². The van der Waals surface area contributed by atoms with Gasteiger partial charge in [0, 0.05) is 39.3 Å². The topological polar surface area (TPSA) is 70.2 Å². The quantitative estimate of drug-likeness (QED) is 0.440. The van der Waals surface area contributed by atoms with E-state index in [0.717, 1.165) is 18.7 Å². The van der Waals surface area contributed by atoms with Crippen molar-refractivity contribution >= 4 is 15.9 Å². The highest BCUT2D eigenvalue weighted by Crippen LogP contribution is 2.31. The largest absolute Gasteiger partial charge is 0.496 e. The van der Waals surface area contributed by atoms with Crippen LogP contribution in [0.3, 0.4) is 0 Å². The molecule has 0 unspecified atom stereocenters. The minimum absolute atomic E-state index is 0.0661. The number of carbonyl (C=O) groups is 1. The number of nitrogens with zero attached hydrogens (tertiary/aromatic N) is 3. The molecular weight excluding hydrogens is 510 g/mol. The van der Waals surface area contributed by atoms with Crippen LogP contribution < -0.4 is 4.74 Å². The minimum atomic E-state index is -3.69. The van der Waals surface area contributed by atoms with Crippen LogP contribution in [0.25, 0.3) is 0 Å². The standard InChI is InChI=1S/C31H37N3O4S/c1-24-22-28(15-16-29(24)38-2)39(36,37)34-17-9-14-27(23-34)31(35)33-20-18-32(19-21-33)30(25-10-5-3-6-11-25)26-12-7-4-8-13-26/h3-8,10-13,15-16,22,27,30H,9,14,17-21,23H2,1-2H3/t27-/m0/s1. The van der Waals surface area contributed by atoms with Gasteiger partial charge in [-0.05, 0) is 54.7 Å².